The lowest BCUT2D eigenvalue weighted by Gasteiger charge is -2.13. The summed E-state index contributed by atoms with van der Waals surface area (Å²) in [4.78, 5) is 16.5. The lowest BCUT2D eigenvalue weighted by molar-refractivity contribution is -0.146. The molecule has 0 radical (unpaired) electrons. The summed E-state index contributed by atoms with van der Waals surface area (Å²) in [5, 5.41) is 8.27. The number of aryl methyl sites for hydroxylation is 2. The SMILES string of the molecule is CCOC(=O)C1(c2nnc3nc(C)cc(C)n23)CC1. The Morgan fingerprint density at radius 1 is 1.42 bits per heavy atom. The molecular weight excluding hydrogens is 244 g/mol. The zero-order valence-corrected chi connectivity index (χ0v) is 11.3. The minimum atomic E-state index is -0.614. The maximum absolute atomic E-state index is 12.1. The highest BCUT2D eigenvalue weighted by Gasteiger charge is 2.56. The number of fused-ring (bicyclic) bond motifs is 1. The summed E-state index contributed by atoms with van der Waals surface area (Å²) < 4.78 is 7.02. The summed E-state index contributed by atoms with van der Waals surface area (Å²) in [5.74, 6) is 0.998. The Morgan fingerprint density at radius 2 is 2.16 bits per heavy atom. The van der Waals surface area contributed by atoms with Crippen LogP contribution in [0.15, 0.2) is 6.07 Å². The Kier molecular flexibility index (Phi) is 2.55. The summed E-state index contributed by atoms with van der Waals surface area (Å²) in [6.07, 6.45) is 1.53. The molecule has 0 spiro atoms. The molecule has 0 aromatic carbocycles. The number of carbonyl (C=O) groups excluding carboxylic acids is 1. The molecule has 0 saturated heterocycles. The maximum atomic E-state index is 12.1. The molecular formula is C13H16N4O2. The highest BCUT2D eigenvalue weighted by atomic mass is 16.5. The Labute approximate surface area is 110 Å². The van der Waals surface area contributed by atoms with Crippen molar-refractivity contribution in [2.24, 2.45) is 0 Å². The predicted octanol–water partition coefficient (Wildman–Crippen LogP) is 1.34. The highest BCUT2D eigenvalue weighted by Crippen LogP contribution is 2.48. The first kappa shape index (κ1) is 12.1. The number of rotatable bonds is 3. The van der Waals surface area contributed by atoms with Crippen LogP contribution in [0.4, 0.5) is 0 Å². The predicted molar refractivity (Wildman–Crippen MR) is 67.8 cm³/mol. The molecule has 2 aromatic heterocycles. The van der Waals surface area contributed by atoms with Gasteiger partial charge in [0.2, 0.25) is 0 Å². The van der Waals surface area contributed by atoms with E-state index in [2.05, 4.69) is 15.2 Å². The van der Waals surface area contributed by atoms with Gasteiger partial charge in [0.25, 0.3) is 5.78 Å². The van der Waals surface area contributed by atoms with E-state index < -0.39 is 5.41 Å². The fourth-order valence-corrected chi connectivity index (χ4v) is 2.45. The van der Waals surface area contributed by atoms with Crippen molar-refractivity contribution in [3.8, 4) is 0 Å². The number of hydrogen-bond donors (Lipinski definition) is 0. The van der Waals surface area contributed by atoms with Crippen molar-refractivity contribution in [1.29, 1.82) is 0 Å². The average molecular weight is 260 g/mol. The third-order valence-electron chi connectivity index (χ3n) is 3.54. The van der Waals surface area contributed by atoms with Crippen LogP contribution in [0.2, 0.25) is 0 Å². The van der Waals surface area contributed by atoms with Gasteiger partial charge in [-0.3, -0.25) is 9.20 Å². The zero-order valence-electron chi connectivity index (χ0n) is 11.3. The van der Waals surface area contributed by atoms with E-state index in [1.54, 1.807) is 0 Å². The summed E-state index contributed by atoms with van der Waals surface area (Å²) >= 11 is 0. The van der Waals surface area contributed by atoms with Crippen molar-refractivity contribution in [3.05, 3.63) is 23.3 Å². The van der Waals surface area contributed by atoms with Crippen molar-refractivity contribution < 1.29 is 9.53 Å². The molecule has 6 heteroatoms. The number of hydrogen-bond acceptors (Lipinski definition) is 5. The van der Waals surface area contributed by atoms with Gasteiger partial charge >= 0.3 is 5.97 Å². The molecule has 2 heterocycles. The monoisotopic (exact) mass is 260 g/mol. The van der Waals surface area contributed by atoms with Gasteiger partial charge < -0.3 is 4.74 Å². The normalized spacial score (nSPS) is 16.6. The quantitative estimate of drug-likeness (QED) is 0.779. The molecule has 1 fully saturated rings. The van der Waals surface area contributed by atoms with Crippen LogP contribution in [0.3, 0.4) is 0 Å². The van der Waals surface area contributed by atoms with Crippen LogP contribution in [0.5, 0.6) is 0 Å². The third-order valence-corrected chi connectivity index (χ3v) is 3.54. The molecule has 1 aliphatic carbocycles. The Hall–Kier alpha value is -1.98. The van der Waals surface area contributed by atoms with Crippen molar-refractivity contribution in [2.45, 2.75) is 39.0 Å². The van der Waals surface area contributed by atoms with Crippen LogP contribution in [0.1, 0.15) is 37.0 Å². The zero-order chi connectivity index (χ0) is 13.6. The molecule has 0 bridgehead atoms. The van der Waals surface area contributed by atoms with Crippen LogP contribution in [-0.4, -0.2) is 32.2 Å². The second kappa shape index (κ2) is 4.01. The molecule has 3 rings (SSSR count). The van der Waals surface area contributed by atoms with E-state index in [0.29, 0.717) is 18.2 Å². The van der Waals surface area contributed by atoms with Crippen molar-refractivity contribution in [1.82, 2.24) is 19.6 Å². The van der Waals surface area contributed by atoms with Crippen molar-refractivity contribution >= 4 is 11.7 Å². The number of carbonyl (C=O) groups is 1. The third kappa shape index (κ3) is 1.70. The molecule has 100 valence electrons. The molecule has 2 aromatic rings. The van der Waals surface area contributed by atoms with Crippen LogP contribution >= 0.6 is 0 Å². The smallest absolute Gasteiger partial charge is 0.319 e. The molecule has 0 N–H and O–H groups in total. The van der Waals surface area contributed by atoms with E-state index >= 15 is 0 Å². The first-order valence-electron chi connectivity index (χ1n) is 6.45. The lowest BCUT2D eigenvalue weighted by atomic mass is 10.1. The standard InChI is InChI=1S/C13H16N4O2/c1-4-19-11(18)13(5-6-13)10-15-16-12-14-8(2)7-9(3)17(10)12/h7H,4-6H2,1-3H3. The van der Waals surface area contributed by atoms with Gasteiger partial charge in [0.05, 0.1) is 6.61 Å². The van der Waals surface area contributed by atoms with Gasteiger partial charge in [-0.2, -0.15) is 0 Å². The number of esters is 1. The second-order valence-electron chi connectivity index (χ2n) is 5.00. The maximum Gasteiger partial charge on any atom is 0.319 e. The summed E-state index contributed by atoms with van der Waals surface area (Å²) in [6, 6.07) is 1.96. The summed E-state index contributed by atoms with van der Waals surface area (Å²) in [5.41, 5.74) is 1.26. The van der Waals surface area contributed by atoms with Gasteiger partial charge in [-0.05, 0) is 39.7 Å². The molecule has 0 atom stereocenters. The van der Waals surface area contributed by atoms with Crippen LogP contribution in [0.25, 0.3) is 5.78 Å². The van der Waals surface area contributed by atoms with Crippen LogP contribution < -0.4 is 0 Å². The topological polar surface area (TPSA) is 69.4 Å². The minimum Gasteiger partial charge on any atom is -0.465 e. The molecule has 6 nitrogen and oxygen atoms in total. The molecule has 0 aliphatic heterocycles. The Bertz CT molecular complexity index is 658. The summed E-state index contributed by atoms with van der Waals surface area (Å²) in [7, 11) is 0. The second-order valence-corrected chi connectivity index (χ2v) is 5.00. The highest BCUT2D eigenvalue weighted by molar-refractivity contribution is 5.85. The molecule has 19 heavy (non-hydrogen) atoms. The molecule has 1 aliphatic rings. The van der Waals surface area contributed by atoms with Gasteiger partial charge in [0, 0.05) is 11.4 Å². The van der Waals surface area contributed by atoms with Gasteiger partial charge in [0.1, 0.15) is 5.41 Å². The van der Waals surface area contributed by atoms with Gasteiger partial charge in [-0.15, -0.1) is 10.2 Å². The van der Waals surface area contributed by atoms with E-state index in [1.807, 2.05) is 31.2 Å². The van der Waals surface area contributed by atoms with E-state index in [1.165, 1.54) is 0 Å². The number of aromatic nitrogens is 4. The first-order chi connectivity index (χ1) is 9.08. The number of ether oxygens (including phenoxy) is 1. The molecule has 0 unspecified atom stereocenters. The average Bonchev–Trinajstić information content (AvgIpc) is 3.05. The fourth-order valence-electron chi connectivity index (χ4n) is 2.45. The number of nitrogens with zero attached hydrogens (tertiary/aromatic N) is 4. The lowest BCUT2D eigenvalue weighted by Crippen LogP contribution is -2.26. The van der Waals surface area contributed by atoms with Gasteiger partial charge in [0.15, 0.2) is 5.82 Å². The molecule has 0 amide bonds. The van der Waals surface area contributed by atoms with Crippen LogP contribution in [0, 0.1) is 13.8 Å². The van der Waals surface area contributed by atoms with Crippen LogP contribution in [-0.2, 0) is 14.9 Å². The largest absolute Gasteiger partial charge is 0.465 e. The summed E-state index contributed by atoms with van der Waals surface area (Å²) in [6.45, 7) is 6.08. The Morgan fingerprint density at radius 3 is 2.79 bits per heavy atom. The van der Waals surface area contributed by atoms with E-state index in [4.69, 9.17) is 4.74 Å². The van der Waals surface area contributed by atoms with E-state index in [0.717, 1.165) is 24.2 Å². The van der Waals surface area contributed by atoms with E-state index in [-0.39, 0.29) is 5.97 Å². The van der Waals surface area contributed by atoms with Gasteiger partial charge in [-0.1, -0.05) is 0 Å². The van der Waals surface area contributed by atoms with E-state index in [9.17, 15) is 4.79 Å². The van der Waals surface area contributed by atoms with Gasteiger partial charge in [-0.25, -0.2) is 4.98 Å². The minimum absolute atomic E-state index is 0.204. The van der Waals surface area contributed by atoms with Crippen molar-refractivity contribution in [2.75, 3.05) is 6.61 Å². The first-order valence-corrected chi connectivity index (χ1v) is 6.45. The Balaban J connectivity index is 2.14. The molecule has 1 saturated carbocycles. The van der Waals surface area contributed by atoms with Crippen molar-refractivity contribution in [3.63, 3.8) is 0 Å². The fraction of sp³-hybridized carbons (Fsp3) is 0.538.